The molecule has 0 N–H and O–H groups in total. The Kier molecular flexibility index (Phi) is 53.4. The van der Waals surface area contributed by atoms with Gasteiger partial charge in [-0.2, -0.15) is 0 Å². The van der Waals surface area contributed by atoms with E-state index in [0.717, 1.165) is 148 Å². The number of hydrogen-bond acceptors (Lipinski definition) is 6. The smallest absolute Gasteiger partial charge is 0.306 e. The lowest BCUT2D eigenvalue weighted by Crippen LogP contribution is -2.30. The molecule has 0 aromatic carbocycles. The molecule has 6 nitrogen and oxygen atoms in total. The minimum absolute atomic E-state index is 0.0879. The SMILES string of the molecule is CC/C=C\C/C=C\C/C=C\C/C=C\C/C=C\C/C=C\C/C=C\CCCCCCCCCCCC(=O)OCC(COC(=O)CCCCCCC/C=C\CCC)OC(=O)CCCCCCC/C=C\CCC. The summed E-state index contributed by atoms with van der Waals surface area (Å²) in [5.41, 5.74) is 0. The van der Waals surface area contributed by atoms with Crippen molar-refractivity contribution in [3.63, 3.8) is 0 Å². The van der Waals surface area contributed by atoms with Crippen LogP contribution >= 0.6 is 0 Å². The van der Waals surface area contributed by atoms with E-state index in [9.17, 15) is 14.4 Å². The van der Waals surface area contributed by atoms with Gasteiger partial charge in [0.2, 0.25) is 0 Å². The van der Waals surface area contributed by atoms with Crippen molar-refractivity contribution in [2.45, 2.75) is 258 Å². The van der Waals surface area contributed by atoms with Crippen molar-refractivity contribution in [2.75, 3.05) is 13.2 Å². The molecule has 0 aromatic rings. The molecule has 0 aromatic heterocycles. The van der Waals surface area contributed by atoms with Crippen LogP contribution in [0.25, 0.3) is 0 Å². The summed E-state index contributed by atoms with van der Waals surface area (Å²) in [7, 11) is 0. The van der Waals surface area contributed by atoms with Crippen LogP contribution in [0.15, 0.2) is 109 Å². The van der Waals surface area contributed by atoms with Crippen molar-refractivity contribution in [3.8, 4) is 0 Å². The second-order valence-electron chi connectivity index (χ2n) is 18.5. The predicted octanol–water partition coefficient (Wildman–Crippen LogP) is 19.1. The fourth-order valence-electron chi connectivity index (χ4n) is 7.49. The van der Waals surface area contributed by atoms with Crippen molar-refractivity contribution >= 4 is 17.9 Å². The van der Waals surface area contributed by atoms with Crippen LogP contribution in [0.4, 0.5) is 0 Å². The van der Waals surface area contributed by atoms with Crippen molar-refractivity contribution in [1.82, 2.24) is 0 Å². The predicted molar refractivity (Wildman–Crippen MR) is 297 cm³/mol. The van der Waals surface area contributed by atoms with E-state index < -0.39 is 6.10 Å². The first kappa shape index (κ1) is 65.1. The Morgan fingerprint density at radius 1 is 0.304 bits per heavy atom. The fourth-order valence-corrected chi connectivity index (χ4v) is 7.49. The number of unbranched alkanes of at least 4 members (excludes halogenated alkanes) is 21. The van der Waals surface area contributed by atoms with Crippen molar-refractivity contribution in [1.29, 1.82) is 0 Å². The molecule has 0 heterocycles. The number of ether oxygens (including phenoxy) is 3. The van der Waals surface area contributed by atoms with Crippen LogP contribution in [0.3, 0.4) is 0 Å². The van der Waals surface area contributed by atoms with Gasteiger partial charge in [0.15, 0.2) is 6.10 Å². The van der Waals surface area contributed by atoms with Crippen molar-refractivity contribution in [2.24, 2.45) is 0 Å². The maximum absolute atomic E-state index is 12.7. The van der Waals surface area contributed by atoms with Crippen LogP contribution in [-0.2, 0) is 28.6 Å². The molecule has 1 unspecified atom stereocenters. The Hall–Kier alpha value is -3.93. The van der Waals surface area contributed by atoms with Crippen LogP contribution in [0.1, 0.15) is 252 Å². The molecular weight excluding hydrogens is 853 g/mol. The highest BCUT2D eigenvalue weighted by atomic mass is 16.6. The quantitative estimate of drug-likeness (QED) is 0.0262. The van der Waals surface area contributed by atoms with Gasteiger partial charge >= 0.3 is 17.9 Å². The topological polar surface area (TPSA) is 78.9 Å². The van der Waals surface area contributed by atoms with Crippen molar-refractivity contribution < 1.29 is 28.6 Å². The van der Waals surface area contributed by atoms with E-state index in [-0.39, 0.29) is 31.1 Å². The Morgan fingerprint density at radius 3 is 0.899 bits per heavy atom. The fraction of sp³-hybridized carbons (Fsp3) is 0.667. The Morgan fingerprint density at radius 2 is 0.565 bits per heavy atom. The molecule has 1 atom stereocenters. The van der Waals surface area contributed by atoms with Gasteiger partial charge in [-0.3, -0.25) is 14.4 Å². The van der Waals surface area contributed by atoms with Gasteiger partial charge in [0.05, 0.1) is 0 Å². The maximum atomic E-state index is 12.7. The van der Waals surface area contributed by atoms with E-state index in [1.807, 2.05) is 0 Å². The lowest BCUT2D eigenvalue weighted by molar-refractivity contribution is -0.167. The molecule has 0 radical (unpaired) electrons. The zero-order valence-electron chi connectivity index (χ0n) is 44.8. The van der Waals surface area contributed by atoms with Gasteiger partial charge in [0, 0.05) is 19.3 Å². The standard InChI is InChI=1S/C63H104O6/c1-4-7-10-13-16-19-22-23-24-25-26-27-28-29-30-31-32-33-34-35-36-37-38-39-40-41-42-45-47-50-53-56-62(65)68-59-60(69-63(66)57-54-51-48-44-21-18-15-12-9-6-3)58-67-61(64)55-52-49-46-43-20-17-14-11-8-5-2/h7,10-12,14-16,19,23-24,26-27,29-30,32-33,35-36,60H,4-6,8-9,13,17-18,20-22,25,28,31,34,37-59H2,1-3H3/b10-7-,14-11-,15-12-,19-16-,24-23-,27-26-,30-29-,33-32-,36-35-. The Bertz CT molecular complexity index is 1420. The highest BCUT2D eigenvalue weighted by Gasteiger charge is 2.19. The number of hydrogen-bond donors (Lipinski definition) is 0. The molecule has 0 rings (SSSR count). The largest absolute Gasteiger partial charge is 0.462 e. The van der Waals surface area contributed by atoms with E-state index in [4.69, 9.17) is 14.2 Å². The summed E-state index contributed by atoms with van der Waals surface area (Å²) in [5, 5.41) is 0. The minimum atomic E-state index is -0.787. The van der Waals surface area contributed by atoms with Crippen LogP contribution in [0.5, 0.6) is 0 Å². The summed E-state index contributed by atoms with van der Waals surface area (Å²) in [5.74, 6) is -0.919. The van der Waals surface area contributed by atoms with E-state index >= 15 is 0 Å². The molecular formula is C63H104O6. The summed E-state index contributed by atoms with van der Waals surface area (Å²) in [6.45, 7) is 6.37. The molecule has 0 spiro atoms. The molecule has 0 aliphatic carbocycles. The number of esters is 3. The normalized spacial score (nSPS) is 12.9. The zero-order valence-corrected chi connectivity index (χ0v) is 44.8. The molecule has 0 aliphatic rings. The lowest BCUT2D eigenvalue weighted by Gasteiger charge is -2.18. The molecule has 0 saturated carbocycles. The highest BCUT2D eigenvalue weighted by molar-refractivity contribution is 5.71. The van der Waals surface area contributed by atoms with Gasteiger partial charge < -0.3 is 14.2 Å². The Labute approximate surface area is 425 Å². The number of carbonyl (C=O) groups excluding carboxylic acids is 3. The van der Waals surface area contributed by atoms with Crippen LogP contribution < -0.4 is 0 Å². The molecule has 0 aliphatic heterocycles. The third-order valence-corrected chi connectivity index (χ3v) is 11.7. The van der Waals surface area contributed by atoms with Crippen LogP contribution in [-0.4, -0.2) is 37.2 Å². The second-order valence-corrected chi connectivity index (χ2v) is 18.5. The van der Waals surface area contributed by atoms with Crippen molar-refractivity contribution in [3.05, 3.63) is 109 Å². The van der Waals surface area contributed by atoms with Gasteiger partial charge in [-0.1, -0.05) is 226 Å². The first-order valence-corrected chi connectivity index (χ1v) is 28.4. The number of rotatable bonds is 50. The van der Waals surface area contributed by atoms with E-state index in [1.165, 1.54) is 64.2 Å². The molecule has 6 heteroatoms. The number of carbonyl (C=O) groups is 3. The average Bonchev–Trinajstić information content (AvgIpc) is 3.35. The summed E-state index contributed by atoms with van der Waals surface area (Å²) < 4.78 is 16.7. The van der Waals surface area contributed by atoms with Gasteiger partial charge in [-0.05, 0) is 116 Å². The van der Waals surface area contributed by atoms with Gasteiger partial charge in [0.1, 0.15) is 13.2 Å². The number of allylic oxidation sites excluding steroid dienone is 18. The first-order valence-electron chi connectivity index (χ1n) is 28.4. The summed E-state index contributed by atoms with van der Waals surface area (Å²) >= 11 is 0. The minimum Gasteiger partial charge on any atom is -0.462 e. The molecule has 0 saturated heterocycles. The van der Waals surface area contributed by atoms with E-state index in [1.54, 1.807) is 0 Å². The lowest BCUT2D eigenvalue weighted by atomic mass is 10.1. The highest BCUT2D eigenvalue weighted by Crippen LogP contribution is 2.14. The molecule has 0 fully saturated rings. The van der Waals surface area contributed by atoms with Gasteiger partial charge in [-0.15, -0.1) is 0 Å². The molecule has 392 valence electrons. The van der Waals surface area contributed by atoms with Crippen LogP contribution in [0, 0.1) is 0 Å². The summed E-state index contributed by atoms with van der Waals surface area (Å²) in [6.07, 6.45) is 76.7. The summed E-state index contributed by atoms with van der Waals surface area (Å²) in [4.78, 5) is 37.9. The van der Waals surface area contributed by atoms with E-state index in [2.05, 4.69) is 130 Å². The van der Waals surface area contributed by atoms with Crippen LogP contribution in [0.2, 0.25) is 0 Å². The first-order chi connectivity index (χ1) is 34.0. The second kappa shape index (κ2) is 56.7. The zero-order chi connectivity index (χ0) is 50.0. The monoisotopic (exact) mass is 957 g/mol. The molecule has 69 heavy (non-hydrogen) atoms. The Balaban J connectivity index is 4.15. The molecule has 0 bridgehead atoms. The molecule has 0 amide bonds. The average molecular weight is 958 g/mol. The third kappa shape index (κ3) is 54.9. The maximum Gasteiger partial charge on any atom is 0.306 e. The third-order valence-electron chi connectivity index (χ3n) is 11.7. The van der Waals surface area contributed by atoms with E-state index in [0.29, 0.717) is 19.3 Å². The van der Waals surface area contributed by atoms with Gasteiger partial charge in [-0.25, -0.2) is 0 Å². The summed E-state index contributed by atoms with van der Waals surface area (Å²) in [6, 6.07) is 0. The van der Waals surface area contributed by atoms with Gasteiger partial charge in [0.25, 0.3) is 0 Å².